The number of benzene rings is 1. The quantitative estimate of drug-likeness (QED) is 0.758. The highest BCUT2D eigenvalue weighted by molar-refractivity contribution is 8.00. The van der Waals surface area contributed by atoms with Crippen LogP contribution in [0.5, 0.6) is 0 Å². The van der Waals surface area contributed by atoms with E-state index in [4.69, 9.17) is 4.74 Å². The molecule has 1 aromatic rings. The van der Waals surface area contributed by atoms with Crippen molar-refractivity contribution in [3.63, 3.8) is 0 Å². The molecule has 7 heteroatoms. The van der Waals surface area contributed by atoms with Gasteiger partial charge in [0.05, 0.1) is 7.11 Å². The Morgan fingerprint density at radius 1 is 1.32 bits per heavy atom. The second kappa shape index (κ2) is 6.00. The molecule has 0 bridgehead atoms. The fourth-order valence-electron chi connectivity index (χ4n) is 2.75. The van der Waals surface area contributed by atoms with Gasteiger partial charge in [-0.15, -0.1) is 11.8 Å². The average Bonchev–Trinajstić information content (AvgIpc) is 2.98. The number of fused-ring (bicyclic) bond motifs is 1. The van der Waals surface area contributed by atoms with E-state index < -0.39 is 17.4 Å². The standard InChI is InChI=1S/C15H16N2O4S/c1-21-15(20)14-17-11(9-22-14)13(19)16(8-12(17)18)7-10-5-3-2-4-6-10/h2-6,11,14H,7-9H2,1H3/t11-,14+/m0/s1. The van der Waals surface area contributed by atoms with Gasteiger partial charge in [0.2, 0.25) is 11.8 Å². The number of methoxy groups -OCH3 is 1. The largest absolute Gasteiger partial charge is 0.467 e. The second-order valence-corrected chi connectivity index (χ2v) is 6.32. The van der Waals surface area contributed by atoms with Gasteiger partial charge in [-0.05, 0) is 5.56 Å². The Hall–Kier alpha value is -2.02. The van der Waals surface area contributed by atoms with Crippen molar-refractivity contribution >= 4 is 29.5 Å². The zero-order chi connectivity index (χ0) is 15.7. The average molecular weight is 320 g/mol. The van der Waals surface area contributed by atoms with Crippen LogP contribution in [0.4, 0.5) is 0 Å². The SMILES string of the molecule is COC(=O)[C@H]1SC[C@H]2C(=O)N(Cc3ccccc3)CC(=O)N12. The first kappa shape index (κ1) is 14.9. The topological polar surface area (TPSA) is 66.9 Å². The second-order valence-electron chi connectivity index (χ2n) is 5.21. The van der Waals surface area contributed by atoms with Crippen LogP contribution in [0.3, 0.4) is 0 Å². The summed E-state index contributed by atoms with van der Waals surface area (Å²) in [5.41, 5.74) is 0.979. The number of ether oxygens (including phenoxy) is 1. The molecule has 0 unspecified atom stereocenters. The summed E-state index contributed by atoms with van der Waals surface area (Å²) in [4.78, 5) is 39.6. The van der Waals surface area contributed by atoms with Gasteiger partial charge in [-0.2, -0.15) is 0 Å². The van der Waals surface area contributed by atoms with Crippen molar-refractivity contribution in [3.8, 4) is 0 Å². The molecule has 3 rings (SSSR count). The number of rotatable bonds is 3. The van der Waals surface area contributed by atoms with E-state index in [2.05, 4.69) is 0 Å². The predicted molar refractivity (Wildman–Crippen MR) is 80.8 cm³/mol. The minimum atomic E-state index is -0.703. The number of hydrogen-bond donors (Lipinski definition) is 0. The third kappa shape index (κ3) is 2.56. The van der Waals surface area contributed by atoms with Crippen molar-refractivity contribution in [1.82, 2.24) is 9.80 Å². The molecule has 0 saturated carbocycles. The first-order valence-electron chi connectivity index (χ1n) is 6.95. The van der Waals surface area contributed by atoms with Crippen LogP contribution in [0.2, 0.25) is 0 Å². The number of carbonyl (C=O) groups excluding carboxylic acids is 3. The van der Waals surface area contributed by atoms with Crippen LogP contribution < -0.4 is 0 Å². The summed E-state index contributed by atoms with van der Waals surface area (Å²) in [6.07, 6.45) is 0. The summed E-state index contributed by atoms with van der Waals surface area (Å²) in [6, 6.07) is 8.98. The molecule has 6 nitrogen and oxygen atoms in total. The van der Waals surface area contributed by atoms with Gasteiger partial charge in [0.25, 0.3) is 0 Å². The maximum absolute atomic E-state index is 12.6. The van der Waals surface area contributed by atoms with Crippen molar-refractivity contribution < 1.29 is 19.1 Å². The van der Waals surface area contributed by atoms with Gasteiger partial charge in [-0.3, -0.25) is 9.59 Å². The zero-order valence-corrected chi connectivity index (χ0v) is 12.9. The monoisotopic (exact) mass is 320 g/mol. The van der Waals surface area contributed by atoms with Crippen molar-refractivity contribution in [3.05, 3.63) is 35.9 Å². The third-order valence-electron chi connectivity index (χ3n) is 3.83. The lowest BCUT2D eigenvalue weighted by molar-refractivity contribution is -0.160. The summed E-state index contributed by atoms with van der Waals surface area (Å²) < 4.78 is 4.71. The summed E-state index contributed by atoms with van der Waals surface area (Å²) in [5.74, 6) is -0.372. The normalized spacial score (nSPS) is 24.4. The molecular weight excluding hydrogens is 304 g/mol. The highest BCUT2D eigenvalue weighted by Crippen LogP contribution is 2.33. The van der Waals surface area contributed by atoms with Crippen molar-refractivity contribution in [2.24, 2.45) is 0 Å². The number of amides is 2. The fourth-order valence-corrected chi connectivity index (χ4v) is 4.08. The number of thioether (sulfide) groups is 1. The van der Waals surface area contributed by atoms with Gasteiger partial charge in [-0.25, -0.2) is 4.79 Å². The molecular formula is C15H16N2O4S. The van der Waals surface area contributed by atoms with Gasteiger partial charge in [0.1, 0.15) is 12.6 Å². The maximum atomic E-state index is 12.6. The van der Waals surface area contributed by atoms with Crippen molar-refractivity contribution in [2.75, 3.05) is 19.4 Å². The van der Waals surface area contributed by atoms with Gasteiger partial charge in [0.15, 0.2) is 5.37 Å². The Morgan fingerprint density at radius 2 is 2.05 bits per heavy atom. The molecule has 2 atom stereocenters. The van der Waals surface area contributed by atoms with E-state index in [9.17, 15) is 14.4 Å². The Labute approximate surface area is 132 Å². The van der Waals surface area contributed by atoms with E-state index >= 15 is 0 Å². The third-order valence-corrected chi connectivity index (χ3v) is 5.07. The molecule has 1 aromatic carbocycles. The van der Waals surface area contributed by atoms with Crippen LogP contribution in [0, 0.1) is 0 Å². The Kier molecular flexibility index (Phi) is 4.06. The predicted octanol–water partition coefficient (Wildman–Crippen LogP) is 0.472. The van der Waals surface area contributed by atoms with Gasteiger partial charge in [-0.1, -0.05) is 30.3 Å². The van der Waals surface area contributed by atoms with Crippen LogP contribution >= 0.6 is 11.8 Å². The van der Waals surface area contributed by atoms with Gasteiger partial charge >= 0.3 is 5.97 Å². The van der Waals surface area contributed by atoms with Crippen molar-refractivity contribution in [1.29, 1.82) is 0 Å². The lowest BCUT2D eigenvalue weighted by Gasteiger charge is -2.37. The van der Waals surface area contributed by atoms with Crippen molar-refractivity contribution in [2.45, 2.75) is 18.0 Å². The number of hydrogen-bond acceptors (Lipinski definition) is 5. The molecule has 116 valence electrons. The van der Waals surface area contributed by atoms with E-state index in [1.165, 1.54) is 23.8 Å². The minimum absolute atomic E-state index is 0.00170. The van der Waals surface area contributed by atoms with E-state index in [0.717, 1.165) is 5.56 Å². The van der Waals surface area contributed by atoms with Crippen LogP contribution in [0.25, 0.3) is 0 Å². The molecule has 2 heterocycles. The molecule has 2 aliphatic rings. The van der Waals surface area contributed by atoms with E-state index in [1.54, 1.807) is 4.90 Å². The van der Waals surface area contributed by atoms with Gasteiger partial charge in [0, 0.05) is 12.3 Å². The molecule has 0 spiro atoms. The first-order chi connectivity index (χ1) is 10.6. The summed E-state index contributed by atoms with van der Waals surface area (Å²) in [6.45, 7) is 0.404. The molecule has 0 aromatic heterocycles. The Balaban J connectivity index is 1.77. The molecule has 2 saturated heterocycles. The maximum Gasteiger partial charge on any atom is 0.339 e. The van der Waals surface area contributed by atoms with E-state index in [0.29, 0.717) is 12.3 Å². The smallest absolute Gasteiger partial charge is 0.339 e. The highest BCUT2D eigenvalue weighted by atomic mass is 32.2. The molecule has 22 heavy (non-hydrogen) atoms. The van der Waals surface area contributed by atoms with Crippen LogP contribution in [0.1, 0.15) is 5.56 Å². The summed E-state index contributed by atoms with van der Waals surface area (Å²) >= 11 is 1.28. The number of nitrogens with zero attached hydrogens (tertiary/aromatic N) is 2. The number of esters is 1. The number of carbonyl (C=O) groups is 3. The molecule has 2 fully saturated rings. The summed E-state index contributed by atoms with van der Waals surface area (Å²) in [5, 5.41) is -0.703. The molecule has 0 N–H and O–H groups in total. The lowest BCUT2D eigenvalue weighted by Crippen LogP contribution is -2.60. The molecule has 2 amide bonds. The first-order valence-corrected chi connectivity index (χ1v) is 8.00. The fraction of sp³-hybridized carbons (Fsp3) is 0.400. The molecule has 0 aliphatic carbocycles. The zero-order valence-electron chi connectivity index (χ0n) is 12.1. The van der Waals surface area contributed by atoms with Crippen LogP contribution in [-0.4, -0.2) is 58.4 Å². The van der Waals surface area contributed by atoms with Gasteiger partial charge < -0.3 is 14.5 Å². The Morgan fingerprint density at radius 3 is 2.73 bits per heavy atom. The van der Waals surface area contributed by atoms with E-state index in [-0.39, 0.29) is 18.4 Å². The number of piperazine rings is 1. The Bertz CT molecular complexity index is 607. The van der Waals surface area contributed by atoms with E-state index in [1.807, 2.05) is 30.3 Å². The summed E-state index contributed by atoms with van der Waals surface area (Å²) in [7, 11) is 1.29. The minimum Gasteiger partial charge on any atom is -0.467 e. The highest BCUT2D eigenvalue weighted by Gasteiger charge is 2.50. The molecule has 0 radical (unpaired) electrons. The van der Waals surface area contributed by atoms with Crippen LogP contribution in [-0.2, 0) is 25.7 Å². The molecule has 2 aliphatic heterocycles. The lowest BCUT2D eigenvalue weighted by atomic mass is 10.1. The van der Waals surface area contributed by atoms with Crippen LogP contribution in [0.15, 0.2) is 30.3 Å².